The van der Waals surface area contributed by atoms with Crippen LogP contribution in [0, 0.1) is 0 Å². The third kappa shape index (κ3) is 3.06. The lowest BCUT2D eigenvalue weighted by Gasteiger charge is -2.14. The van der Waals surface area contributed by atoms with Crippen LogP contribution in [-0.4, -0.2) is 33.2 Å². The number of aryl methyl sites for hydroxylation is 1. The van der Waals surface area contributed by atoms with E-state index in [0.29, 0.717) is 12.8 Å². The van der Waals surface area contributed by atoms with Crippen LogP contribution in [0.2, 0.25) is 0 Å². The molecule has 0 unspecified atom stereocenters. The lowest BCUT2D eigenvalue weighted by Crippen LogP contribution is -2.40. The highest BCUT2D eigenvalue weighted by Crippen LogP contribution is 2.22. The normalized spacial score (nSPS) is 11.6. The molecule has 0 aliphatic carbocycles. The molecule has 1 N–H and O–H groups in total. The van der Waals surface area contributed by atoms with Crippen molar-refractivity contribution in [3.63, 3.8) is 0 Å². The van der Waals surface area contributed by atoms with Crippen molar-refractivity contribution >= 4 is 16.9 Å². The second-order valence-corrected chi connectivity index (χ2v) is 7.30. The molecule has 10 nitrogen and oxygen atoms in total. The summed E-state index contributed by atoms with van der Waals surface area (Å²) in [5.41, 5.74) is -0.382. The number of imidazole rings is 1. The third-order valence-corrected chi connectivity index (χ3v) is 5.43. The van der Waals surface area contributed by atoms with E-state index in [1.165, 1.54) is 13.5 Å². The zero-order valence-electron chi connectivity index (χ0n) is 17.7. The number of aromatic hydroxyl groups is 1. The molecule has 4 heterocycles. The molecule has 0 atom stereocenters. The molecule has 10 heteroatoms. The van der Waals surface area contributed by atoms with Crippen LogP contribution in [0.1, 0.15) is 38.3 Å². The van der Waals surface area contributed by atoms with Gasteiger partial charge in [0.2, 0.25) is 11.7 Å². The molecular formula is C21H24N6O4. The number of hydrogen-bond acceptors (Lipinski definition) is 6. The van der Waals surface area contributed by atoms with E-state index in [1.54, 1.807) is 32.3 Å². The number of aromatic nitrogens is 6. The van der Waals surface area contributed by atoms with Gasteiger partial charge >= 0.3 is 5.69 Å². The van der Waals surface area contributed by atoms with Crippen molar-refractivity contribution in [1.82, 2.24) is 28.1 Å². The van der Waals surface area contributed by atoms with Gasteiger partial charge in [0.25, 0.3) is 11.1 Å². The van der Waals surface area contributed by atoms with Crippen LogP contribution < -0.4 is 16.8 Å². The topological polar surface area (TPSA) is 116 Å². The van der Waals surface area contributed by atoms with Crippen molar-refractivity contribution in [3.8, 4) is 5.88 Å². The molecule has 0 fully saturated rings. The second-order valence-electron chi connectivity index (χ2n) is 7.30. The quantitative estimate of drug-likeness (QED) is 0.496. The molecule has 0 saturated carbocycles. The van der Waals surface area contributed by atoms with E-state index in [4.69, 9.17) is 0 Å². The Kier molecular flexibility index (Phi) is 5.22. The Morgan fingerprint density at radius 1 is 1.00 bits per heavy atom. The Morgan fingerprint density at radius 2 is 1.74 bits per heavy atom. The molecule has 4 aromatic heterocycles. The first-order valence-corrected chi connectivity index (χ1v) is 10.3. The highest BCUT2D eigenvalue weighted by atomic mass is 16.3. The maximum atomic E-state index is 13.4. The van der Waals surface area contributed by atoms with Gasteiger partial charge in [-0.15, -0.1) is 0 Å². The molecule has 4 aromatic rings. The maximum absolute atomic E-state index is 13.4. The monoisotopic (exact) mass is 424 g/mol. The molecule has 0 aliphatic rings. The summed E-state index contributed by atoms with van der Waals surface area (Å²) in [6, 6.07) is 3.62. The van der Waals surface area contributed by atoms with Gasteiger partial charge in [0.05, 0.1) is 12.1 Å². The van der Waals surface area contributed by atoms with Crippen LogP contribution in [0.25, 0.3) is 16.9 Å². The summed E-state index contributed by atoms with van der Waals surface area (Å²) >= 11 is 0. The minimum absolute atomic E-state index is 0.0422. The van der Waals surface area contributed by atoms with Gasteiger partial charge in [0.15, 0.2) is 11.2 Å². The summed E-state index contributed by atoms with van der Waals surface area (Å²) in [5.74, 6) is -0.0894. The Labute approximate surface area is 176 Å². The van der Waals surface area contributed by atoms with Gasteiger partial charge in [-0.3, -0.25) is 28.3 Å². The van der Waals surface area contributed by atoms with Crippen molar-refractivity contribution in [2.45, 2.75) is 53.2 Å². The third-order valence-electron chi connectivity index (χ3n) is 5.43. The first-order valence-electron chi connectivity index (χ1n) is 10.3. The SMILES string of the molecule is CCCc1c(O)n(Cc2cccnc2)c2nc3c(c(=O)n(CC)c(=O)n3CC)n2c1=O. The van der Waals surface area contributed by atoms with Crippen molar-refractivity contribution in [2.75, 3.05) is 0 Å². The Balaban J connectivity index is 2.23. The highest BCUT2D eigenvalue weighted by molar-refractivity contribution is 5.75. The first-order chi connectivity index (χ1) is 14.9. The van der Waals surface area contributed by atoms with Gasteiger partial charge < -0.3 is 5.11 Å². The predicted molar refractivity (Wildman–Crippen MR) is 116 cm³/mol. The molecule has 0 aliphatic heterocycles. The fraction of sp³-hybridized carbons (Fsp3) is 0.381. The number of pyridine rings is 1. The average molecular weight is 424 g/mol. The first kappa shape index (κ1) is 20.6. The lowest BCUT2D eigenvalue weighted by atomic mass is 10.2. The molecule has 0 saturated heterocycles. The van der Waals surface area contributed by atoms with Crippen LogP contribution in [0.3, 0.4) is 0 Å². The lowest BCUT2D eigenvalue weighted by molar-refractivity contribution is 0.411. The smallest absolute Gasteiger partial charge is 0.332 e. The standard InChI is InChI=1S/C21H24N6O4/c1-4-8-14-17(28)26(12-13-9-7-10-22-11-13)20-23-16-15(27(20)18(14)29)19(30)25(6-3)21(31)24(16)5-2/h7,9-11,28H,4-6,8,12H2,1-3H3. The van der Waals surface area contributed by atoms with Gasteiger partial charge in [-0.2, -0.15) is 4.98 Å². The second kappa shape index (κ2) is 7.86. The molecule has 0 aromatic carbocycles. The van der Waals surface area contributed by atoms with Crippen molar-refractivity contribution < 1.29 is 5.11 Å². The molecule has 0 amide bonds. The summed E-state index contributed by atoms with van der Waals surface area (Å²) in [5, 5.41) is 11.0. The highest BCUT2D eigenvalue weighted by Gasteiger charge is 2.24. The molecule has 0 bridgehead atoms. The minimum atomic E-state index is -0.571. The number of fused-ring (bicyclic) bond motifs is 3. The summed E-state index contributed by atoms with van der Waals surface area (Å²) < 4.78 is 5.19. The van der Waals surface area contributed by atoms with Gasteiger partial charge in [0, 0.05) is 25.5 Å². The molecule has 0 spiro atoms. The van der Waals surface area contributed by atoms with Gasteiger partial charge in [-0.05, 0) is 31.9 Å². The van der Waals surface area contributed by atoms with Gasteiger partial charge in [-0.25, -0.2) is 9.20 Å². The van der Waals surface area contributed by atoms with Crippen molar-refractivity contribution in [3.05, 3.63) is 66.8 Å². The summed E-state index contributed by atoms with van der Waals surface area (Å²) in [6.45, 7) is 6.03. The average Bonchev–Trinajstić information content (AvgIpc) is 3.16. The Hall–Kier alpha value is -3.69. The van der Waals surface area contributed by atoms with E-state index in [9.17, 15) is 19.5 Å². The van der Waals surface area contributed by atoms with E-state index in [-0.39, 0.29) is 48.0 Å². The molecule has 31 heavy (non-hydrogen) atoms. The summed E-state index contributed by atoms with van der Waals surface area (Å²) in [4.78, 5) is 47.9. The van der Waals surface area contributed by atoms with E-state index < -0.39 is 16.8 Å². The number of nitrogens with zero attached hydrogens (tertiary/aromatic N) is 6. The zero-order valence-corrected chi connectivity index (χ0v) is 17.7. The zero-order chi connectivity index (χ0) is 22.3. The van der Waals surface area contributed by atoms with E-state index in [1.807, 2.05) is 13.0 Å². The van der Waals surface area contributed by atoms with Crippen LogP contribution in [0.15, 0.2) is 38.9 Å². The molecular weight excluding hydrogens is 400 g/mol. The number of rotatable bonds is 6. The maximum Gasteiger partial charge on any atom is 0.332 e. The van der Waals surface area contributed by atoms with E-state index in [0.717, 1.165) is 10.1 Å². The fourth-order valence-electron chi connectivity index (χ4n) is 3.94. The van der Waals surface area contributed by atoms with Crippen LogP contribution >= 0.6 is 0 Å². The van der Waals surface area contributed by atoms with Gasteiger partial charge in [0.1, 0.15) is 0 Å². The number of hydrogen-bond donors (Lipinski definition) is 1. The Bertz CT molecular complexity index is 1460. The van der Waals surface area contributed by atoms with Gasteiger partial charge in [-0.1, -0.05) is 19.4 Å². The molecule has 0 radical (unpaired) electrons. The van der Waals surface area contributed by atoms with Crippen LogP contribution in [0.5, 0.6) is 5.88 Å². The van der Waals surface area contributed by atoms with Crippen LogP contribution in [-0.2, 0) is 26.1 Å². The Morgan fingerprint density at radius 3 is 2.35 bits per heavy atom. The van der Waals surface area contributed by atoms with Crippen molar-refractivity contribution in [1.29, 1.82) is 0 Å². The predicted octanol–water partition coefficient (Wildman–Crippen LogP) is 1.11. The van der Waals surface area contributed by atoms with E-state index in [2.05, 4.69) is 9.97 Å². The van der Waals surface area contributed by atoms with E-state index >= 15 is 0 Å². The summed E-state index contributed by atoms with van der Waals surface area (Å²) in [6.07, 6.45) is 4.27. The molecule has 4 rings (SSSR count). The fourth-order valence-corrected chi connectivity index (χ4v) is 3.94. The minimum Gasteiger partial charge on any atom is -0.494 e. The van der Waals surface area contributed by atoms with Crippen molar-refractivity contribution in [2.24, 2.45) is 0 Å². The largest absolute Gasteiger partial charge is 0.494 e. The molecule has 162 valence electrons. The summed E-state index contributed by atoms with van der Waals surface area (Å²) in [7, 11) is 0. The van der Waals surface area contributed by atoms with Crippen LogP contribution in [0.4, 0.5) is 0 Å².